The molecule has 14 heavy (non-hydrogen) atoms. The predicted molar refractivity (Wildman–Crippen MR) is 60.5 cm³/mol. The summed E-state index contributed by atoms with van der Waals surface area (Å²) in [6, 6.07) is 0. The Morgan fingerprint density at radius 2 is 1.71 bits per heavy atom. The quantitative estimate of drug-likeness (QED) is 0.583. The van der Waals surface area contributed by atoms with Gasteiger partial charge in [0, 0.05) is 30.6 Å². The van der Waals surface area contributed by atoms with Crippen molar-refractivity contribution in [2.24, 2.45) is 5.41 Å². The number of nitrogens with zero attached hydrogens (tertiary/aromatic N) is 2. The first-order chi connectivity index (χ1) is 6.41. The second-order valence-corrected chi connectivity index (χ2v) is 6.37. The standard InChI is InChI=1S/C12H24N2/c1-11(2,3)14-7-5-6-12(10-14)8-13(4)9-12/h5-10H2,1-4H3. The molecule has 0 radical (unpaired) electrons. The zero-order valence-electron chi connectivity index (χ0n) is 10.1. The summed E-state index contributed by atoms with van der Waals surface area (Å²) in [7, 11) is 2.24. The molecule has 2 saturated heterocycles. The third-order valence-corrected chi connectivity index (χ3v) is 3.82. The Labute approximate surface area is 88.3 Å². The molecule has 2 aliphatic rings. The lowest BCUT2D eigenvalue weighted by Crippen LogP contribution is -2.63. The van der Waals surface area contributed by atoms with Crippen LogP contribution in [0.25, 0.3) is 0 Å². The van der Waals surface area contributed by atoms with Gasteiger partial charge in [0.05, 0.1) is 0 Å². The van der Waals surface area contributed by atoms with Crippen LogP contribution in [0.5, 0.6) is 0 Å². The fraction of sp³-hybridized carbons (Fsp3) is 1.00. The van der Waals surface area contributed by atoms with Gasteiger partial charge in [0.15, 0.2) is 0 Å². The fourth-order valence-electron chi connectivity index (χ4n) is 3.14. The maximum absolute atomic E-state index is 2.67. The predicted octanol–water partition coefficient (Wildman–Crippen LogP) is 1.81. The number of hydrogen-bond acceptors (Lipinski definition) is 2. The van der Waals surface area contributed by atoms with Crippen molar-refractivity contribution in [3.63, 3.8) is 0 Å². The molecule has 0 amide bonds. The van der Waals surface area contributed by atoms with E-state index < -0.39 is 0 Å². The van der Waals surface area contributed by atoms with Crippen molar-refractivity contribution in [2.45, 2.75) is 39.2 Å². The first-order valence-corrected chi connectivity index (χ1v) is 5.85. The van der Waals surface area contributed by atoms with Crippen molar-refractivity contribution in [2.75, 3.05) is 33.2 Å². The number of piperidine rings is 1. The van der Waals surface area contributed by atoms with E-state index in [9.17, 15) is 0 Å². The molecule has 2 rings (SSSR count). The number of likely N-dealkylation sites (tertiary alicyclic amines) is 2. The van der Waals surface area contributed by atoms with Gasteiger partial charge in [0.2, 0.25) is 0 Å². The highest BCUT2D eigenvalue weighted by Crippen LogP contribution is 2.39. The monoisotopic (exact) mass is 196 g/mol. The Kier molecular flexibility index (Phi) is 2.39. The molecule has 0 aromatic rings. The van der Waals surface area contributed by atoms with Crippen LogP contribution in [0.1, 0.15) is 33.6 Å². The van der Waals surface area contributed by atoms with E-state index in [0.29, 0.717) is 11.0 Å². The van der Waals surface area contributed by atoms with E-state index in [-0.39, 0.29) is 0 Å². The minimum atomic E-state index is 0.363. The molecule has 2 fully saturated rings. The molecule has 0 N–H and O–H groups in total. The third-order valence-electron chi connectivity index (χ3n) is 3.82. The van der Waals surface area contributed by atoms with Crippen LogP contribution < -0.4 is 0 Å². The van der Waals surface area contributed by atoms with E-state index >= 15 is 0 Å². The molecule has 2 heterocycles. The molecule has 2 aliphatic heterocycles. The maximum atomic E-state index is 2.67. The lowest BCUT2D eigenvalue weighted by atomic mass is 9.73. The second-order valence-electron chi connectivity index (χ2n) is 6.37. The van der Waals surface area contributed by atoms with Gasteiger partial charge in [0.1, 0.15) is 0 Å². The topological polar surface area (TPSA) is 6.48 Å². The van der Waals surface area contributed by atoms with Crippen molar-refractivity contribution in [3.05, 3.63) is 0 Å². The molecule has 0 aliphatic carbocycles. The zero-order valence-corrected chi connectivity index (χ0v) is 10.1. The van der Waals surface area contributed by atoms with Crippen LogP contribution >= 0.6 is 0 Å². The molecular weight excluding hydrogens is 172 g/mol. The van der Waals surface area contributed by atoms with E-state index in [2.05, 4.69) is 37.6 Å². The zero-order chi connectivity index (χ0) is 10.4. The average molecular weight is 196 g/mol. The van der Waals surface area contributed by atoms with E-state index in [0.717, 1.165) is 0 Å². The highest BCUT2D eigenvalue weighted by Gasteiger charge is 2.45. The number of hydrogen-bond donors (Lipinski definition) is 0. The highest BCUT2D eigenvalue weighted by atomic mass is 15.3. The Morgan fingerprint density at radius 3 is 2.21 bits per heavy atom. The Morgan fingerprint density at radius 1 is 1.07 bits per heavy atom. The maximum Gasteiger partial charge on any atom is 0.0125 e. The smallest absolute Gasteiger partial charge is 0.0125 e. The molecular formula is C12H24N2. The lowest BCUT2D eigenvalue weighted by molar-refractivity contribution is -0.0640. The summed E-state index contributed by atoms with van der Waals surface area (Å²) in [4.78, 5) is 5.12. The molecule has 0 bridgehead atoms. The van der Waals surface area contributed by atoms with Gasteiger partial charge in [-0.25, -0.2) is 0 Å². The SMILES string of the molecule is CN1CC2(CCCN(C(C)(C)C)C2)C1. The summed E-state index contributed by atoms with van der Waals surface area (Å²) in [5.41, 5.74) is 1.02. The van der Waals surface area contributed by atoms with Crippen LogP contribution in [0.3, 0.4) is 0 Å². The van der Waals surface area contributed by atoms with Gasteiger partial charge in [-0.2, -0.15) is 0 Å². The Bertz CT molecular complexity index is 205. The fourth-order valence-corrected chi connectivity index (χ4v) is 3.14. The van der Waals surface area contributed by atoms with Crippen LogP contribution in [0.2, 0.25) is 0 Å². The Balaban J connectivity index is 1.98. The summed E-state index contributed by atoms with van der Waals surface area (Å²) >= 11 is 0. The summed E-state index contributed by atoms with van der Waals surface area (Å²) in [6.07, 6.45) is 2.84. The summed E-state index contributed by atoms with van der Waals surface area (Å²) in [5.74, 6) is 0. The van der Waals surface area contributed by atoms with Gasteiger partial charge in [-0.05, 0) is 47.2 Å². The van der Waals surface area contributed by atoms with Crippen molar-refractivity contribution in [1.29, 1.82) is 0 Å². The van der Waals surface area contributed by atoms with Gasteiger partial charge in [0.25, 0.3) is 0 Å². The first kappa shape index (κ1) is 10.4. The first-order valence-electron chi connectivity index (χ1n) is 5.85. The van der Waals surface area contributed by atoms with Gasteiger partial charge in [-0.1, -0.05) is 0 Å². The normalized spacial score (nSPS) is 29.1. The molecule has 0 atom stereocenters. The van der Waals surface area contributed by atoms with Gasteiger partial charge in [-0.15, -0.1) is 0 Å². The van der Waals surface area contributed by atoms with Crippen LogP contribution in [-0.4, -0.2) is 48.6 Å². The molecule has 1 spiro atoms. The minimum Gasteiger partial charge on any atom is -0.305 e. The molecule has 0 unspecified atom stereocenters. The van der Waals surface area contributed by atoms with Crippen LogP contribution in [0, 0.1) is 5.41 Å². The molecule has 2 nitrogen and oxygen atoms in total. The van der Waals surface area contributed by atoms with Crippen molar-refractivity contribution in [3.8, 4) is 0 Å². The largest absolute Gasteiger partial charge is 0.305 e. The van der Waals surface area contributed by atoms with E-state index in [4.69, 9.17) is 0 Å². The van der Waals surface area contributed by atoms with Crippen LogP contribution in [0.15, 0.2) is 0 Å². The van der Waals surface area contributed by atoms with E-state index in [1.165, 1.54) is 39.0 Å². The molecule has 0 saturated carbocycles. The Hall–Kier alpha value is -0.0800. The van der Waals surface area contributed by atoms with Crippen LogP contribution in [-0.2, 0) is 0 Å². The van der Waals surface area contributed by atoms with Crippen molar-refractivity contribution in [1.82, 2.24) is 9.80 Å². The van der Waals surface area contributed by atoms with E-state index in [1.807, 2.05) is 0 Å². The molecule has 82 valence electrons. The second kappa shape index (κ2) is 3.21. The minimum absolute atomic E-state index is 0.363. The van der Waals surface area contributed by atoms with E-state index in [1.54, 1.807) is 0 Å². The number of rotatable bonds is 0. The van der Waals surface area contributed by atoms with Crippen molar-refractivity contribution < 1.29 is 0 Å². The summed E-state index contributed by atoms with van der Waals surface area (Å²) in [6.45, 7) is 12.3. The molecule has 0 aromatic carbocycles. The third kappa shape index (κ3) is 1.82. The lowest BCUT2D eigenvalue weighted by Gasteiger charge is -2.56. The van der Waals surface area contributed by atoms with Gasteiger partial charge < -0.3 is 4.90 Å². The molecule has 0 aromatic heterocycles. The van der Waals surface area contributed by atoms with Crippen molar-refractivity contribution >= 4 is 0 Å². The van der Waals surface area contributed by atoms with Crippen LogP contribution in [0.4, 0.5) is 0 Å². The van der Waals surface area contributed by atoms with Gasteiger partial charge in [-0.3, -0.25) is 4.90 Å². The average Bonchev–Trinajstić information content (AvgIpc) is 2.00. The summed E-state index contributed by atoms with van der Waals surface area (Å²) < 4.78 is 0. The molecule has 2 heteroatoms. The summed E-state index contributed by atoms with van der Waals surface area (Å²) in [5, 5.41) is 0. The highest BCUT2D eigenvalue weighted by molar-refractivity contribution is 4.99. The van der Waals surface area contributed by atoms with Gasteiger partial charge >= 0.3 is 0 Å².